The maximum Gasteiger partial charge on any atom is 0.254 e. The smallest absolute Gasteiger partial charge is 0.254 e. The van der Waals surface area contributed by atoms with Gasteiger partial charge in [-0.05, 0) is 42.9 Å². The summed E-state index contributed by atoms with van der Waals surface area (Å²) in [4.78, 5) is 21.3. The van der Waals surface area contributed by atoms with Gasteiger partial charge in [-0.25, -0.2) is 4.98 Å². The van der Waals surface area contributed by atoms with Crippen LogP contribution in [-0.2, 0) is 11.2 Å². The van der Waals surface area contributed by atoms with Gasteiger partial charge in [0.15, 0.2) is 0 Å². The van der Waals surface area contributed by atoms with Gasteiger partial charge in [0.2, 0.25) is 0 Å². The number of aliphatic hydroxyl groups excluding tert-OH is 1. The Bertz CT molecular complexity index is 800. The average Bonchev–Trinajstić information content (AvgIpc) is 2.80. The summed E-state index contributed by atoms with van der Waals surface area (Å²) in [6, 6.07) is 13.9. The number of nitrogens with zero attached hydrogens (tertiary/aromatic N) is 3. The molecule has 3 heterocycles. The normalized spacial score (nSPS) is 19.2. The predicted octanol–water partition coefficient (Wildman–Crippen LogP) is 2.37. The molecule has 0 unspecified atom stereocenters. The zero-order chi connectivity index (χ0) is 20.1. The van der Waals surface area contributed by atoms with E-state index in [1.807, 2.05) is 29.2 Å². The third kappa shape index (κ3) is 4.95. The molecule has 6 nitrogen and oxygen atoms in total. The summed E-state index contributed by atoms with van der Waals surface area (Å²) >= 11 is 0. The molecule has 154 valence electrons. The van der Waals surface area contributed by atoms with Crippen molar-refractivity contribution in [3.8, 4) is 0 Å². The molecule has 6 heteroatoms. The molecule has 2 saturated heterocycles. The molecule has 0 aliphatic carbocycles. The number of carbonyl (C=O) groups excluding carboxylic acids is 1. The van der Waals surface area contributed by atoms with Crippen LogP contribution in [0.3, 0.4) is 0 Å². The first kappa shape index (κ1) is 19.9. The Morgan fingerprint density at radius 2 is 1.83 bits per heavy atom. The van der Waals surface area contributed by atoms with Crippen LogP contribution in [0.4, 0.5) is 5.82 Å². The van der Waals surface area contributed by atoms with Gasteiger partial charge in [0.25, 0.3) is 5.91 Å². The molecule has 0 radical (unpaired) electrons. The van der Waals surface area contributed by atoms with E-state index in [4.69, 9.17) is 4.74 Å². The predicted molar refractivity (Wildman–Crippen MR) is 112 cm³/mol. The van der Waals surface area contributed by atoms with Crippen LogP contribution in [0.25, 0.3) is 0 Å². The minimum absolute atomic E-state index is 0.0464. The van der Waals surface area contributed by atoms with Crippen LogP contribution in [0.2, 0.25) is 0 Å². The maximum atomic E-state index is 12.7. The van der Waals surface area contributed by atoms with Gasteiger partial charge in [0.05, 0.1) is 19.3 Å². The first-order valence-electron chi connectivity index (χ1n) is 10.5. The third-order valence-corrected chi connectivity index (χ3v) is 5.99. The maximum absolute atomic E-state index is 12.7. The zero-order valence-corrected chi connectivity index (χ0v) is 16.7. The lowest BCUT2D eigenvalue weighted by molar-refractivity contribution is 0.0303. The number of amides is 1. The number of ether oxygens (including phenoxy) is 1. The number of hydrogen-bond acceptors (Lipinski definition) is 5. The van der Waals surface area contributed by atoms with Crippen LogP contribution in [0, 0.1) is 5.92 Å². The molecule has 0 saturated carbocycles. The van der Waals surface area contributed by atoms with Crippen LogP contribution in [0.15, 0.2) is 48.7 Å². The Balaban J connectivity index is 1.34. The van der Waals surface area contributed by atoms with Crippen LogP contribution < -0.4 is 4.90 Å². The number of morpholine rings is 1. The van der Waals surface area contributed by atoms with Gasteiger partial charge < -0.3 is 19.6 Å². The minimum Gasteiger partial charge on any atom is -0.392 e. The van der Waals surface area contributed by atoms with Gasteiger partial charge in [0.1, 0.15) is 5.82 Å². The molecule has 1 amide bonds. The molecule has 2 aliphatic heterocycles. The second kappa shape index (κ2) is 9.37. The number of hydrogen-bond donors (Lipinski definition) is 1. The summed E-state index contributed by atoms with van der Waals surface area (Å²) in [5.41, 5.74) is 1.86. The van der Waals surface area contributed by atoms with Crippen LogP contribution in [0.5, 0.6) is 0 Å². The molecule has 1 N–H and O–H groups in total. The fourth-order valence-electron chi connectivity index (χ4n) is 4.21. The van der Waals surface area contributed by atoms with Gasteiger partial charge in [-0.3, -0.25) is 4.79 Å². The fourth-order valence-corrected chi connectivity index (χ4v) is 4.21. The molecule has 29 heavy (non-hydrogen) atoms. The van der Waals surface area contributed by atoms with E-state index in [1.165, 1.54) is 5.56 Å². The van der Waals surface area contributed by atoms with E-state index in [2.05, 4.69) is 22.0 Å². The van der Waals surface area contributed by atoms with Gasteiger partial charge in [-0.1, -0.05) is 30.3 Å². The standard InChI is InChI=1S/C23H29N3O3/c27-21(16-18-4-2-1-3-5-18)19-7-10-25(11-8-19)22-17-20(6-9-24-22)23(28)26-12-14-29-15-13-26/h1-6,9,17,19,21,27H,7-8,10-16H2/t21-/m1/s1. The van der Waals surface area contributed by atoms with Crippen LogP contribution in [0.1, 0.15) is 28.8 Å². The van der Waals surface area contributed by atoms with Gasteiger partial charge in [0, 0.05) is 37.9 Å². The van der Waals surface area contributed by atoms with Crippen molar-refractivity contribution < 1.29 is 14.6 Å². The van der Waals surface area contributed by atoms with Crippen molar-refractivity contribution in [2.45, 2.75) is 25.4 Å². The quantitative estimate of drug-likeness (QED) is 0.842. The largest absolute Gasteiger partial charge is 0.392 e. The number of carbonyl (C=O) groups is 1. The third-order valence-electron chi connectivity index (χ3n) is 5.99. The summed E-state index contributed by atoms with van der Waals surface area (Å²) < 4.78 is 5.34. The topological polar surface area (TPSA) is 65.9 Å². The highest BCUT2D eigenvalue weighted by molar-refractivity contribution is 5.94. The zero-order valence-electron chi connectivity index (χ0n) is 16.7. The molecule has 0 bridgehead atoms. The number of benzene rings is 1. The Kier molecular flexibility index (Phi) is 6.42. The average molecular weight is 396 g/mol. The highest BCUT2D eigenvalue weighted by Gasteiger charge is 2.26. The highest BCUT2D eigenvalue weighted by atomic mass is 16.5. The van der Waals surface area contributed by atoms with Crippen LogP contribution >= 0.6 is 0 Å². The second-order valence-corrected chi connectivity index (χ2v) is 7.89. The lowest BCUT2D eigenvalue weighted by Gasteiger charge is -2.35. The molecule has 4 rings (SSSR count). The number of aromatic nitrogens is 1. The number of pyridine rings is 1. The van der Waals surface area contributed by atoms with E-state index in [0.717, 1.165) is 31.7 Å². The van der Waals surface area contributed by atoms with Crippen molar-refractivity contribution in [1.29, 1.82) is 0 Å². The molecule has 2 aromatic rings. The molecule has 0 spiro atoms. The number of piperidine rings is 1. The summed E-state index contributed by atoms with van der Waals surface area (Å²) in [6.07, 6.45) is 3.96. The van der Waals surface area contributed by atoms with Gasteiger partial charge in [-0.2, -0.15) is 0 Å². The van der Waals surface area contributed by atoms with Crippen molar-refractivity contribution in [2.75, 3.05) is 44.3 Å². The summed E-state index contributed by atoms with van der Waals surface area (Å²) in [5, 5.41) is 10.7. The first-order chi connectivity index (χ1) is 14.2. The van der Waals surface area contributed by atoms with E-state index in [0.29, 0.717) is 44.2 Å². The lowest BCUT2D eigenvalue weighted by atomic mass is 9.88. The molecular formula is C23H29N3O3. The van der Waals surface area contributed by atoms with Crippen molar-refractivity contribution in [3.05, 3.63) is 59.8 Å². The summed E-state index contributed by atoms with van der Waals surface area (Å²) in [5.74, 6) is 1.19. The van der Waals surface area contributed by atoms with E-state index >= 15 is 0 Å². The van der Waals surface area contributed by atoms with Gasteiger partial charge in [-0.15, -0.1) is 0 Å². The van der Waals surface area contributed by atoms with Crippen molar-refractivity contribution in [3.63, 3.8) is 0 Å². The van der Waals surface area contributed by atoms with Crippen molar-refractivity contribution in [2.24, 2.45) is 5.92 Å². The lowest BCUT2D eigenvalue weighted by Crippen LogP contribution is -2.41. The SMILES string of the molecule is O=C(c1ccnc(N2CCC([C@H](O)Cc3ccccc3)CC2)c1)N1CCOCC1. The number of rotatable bonds is 5. The van der Waals surface area contributed by atoms with E-state index in [1.54, 1.807) is 12.3 Å². The molecule has 2 fully saturated rings. The Morgan fingerprint density at radius 1 is 1.10 bits per heavy atom. The van der Waals surface area contributed by atoms with Crippen molar-refractivity contribution in [1.82, 2.24) is 9.88 Å². The van der Waals surface area contributed by atoms with Crippen LogP contribution in [-0.4, -0.2) is 66.4 Å². The Hall–Kier alpha value is -2.44. The summed E-state index contributed by atoms with van der Waals surface area (Å²) in [6.45, 7) is 4.17. The van der Waals surface area contributed by atoms with E-state index < -0.39 is 0 Å². The van der Waals surface area contributed by atoms with Crippen molar-refractivity contribution >= 4 is 11.7 Å². The number of anilines is 1. The minimum atomic E-state index is -0.318. The molecule has 1 aromatic carbocycles. The van der Waals surface area contributed by atoms with E-state index in [9.17, 15) is 9.90 Å². The Morgan fingerprint density at radius 3 is 2.55 bits per heavy atom. The second-order valence-electron chi connectivity index (χ2n) is 7.89. The van der Waals surface area contributed by atoms with Gasteiger partial charge >= 0.3 is 0 Å². The first-order valence-corrected chi connectivity index (χ1v) is 10.5. The number of aliphatic hydroxyl groups is 1. The fraction of sp³-hybridized carbons (Fsp3) is 0.478. The monoisotopic (exact) mass is 395 g/mol. The highest BCUT2D eigenvalue weighted by Crippen LogP contribution is 2.26. The van der Waals surface area contributed by atoms with E-state index in [-0.39, 0.29) is 12.0 Å². The summed E-state index contributed by atoms with van der Waals surface area (Å²) in [7, 11) is 0. The molecule has 1 aromatic heterocycles. The Labute approximate surface area is 172 Å². The molecule has 2 aliphatic rings. The molecular weight excluding hydrogens is 366 g/mol. The molecule has 1 atom stereocenters.